The number of aliphatic hydroxyl groups is 1. The minimum Gasteiger partial charge on any atom is -0.497 e. The minimum atomic E-state index is -0.698. The molecule has 0 bridgehead atoms. The summed E-state index contributed by atoms with van der Waals surface area (Å²) in [5.74, 6) is 1.44. The molecular weight excluding hydrogens is 254 g/mol. The molecule has 0 heterocycles. The summed E-state index contributed by atoms with van der Waals surface area (Å²) < 4.78 is 11.1. The van der Waals surface area contributed by atoms with Gasteiger partial charge >= 0.3 is 0 Å². The summed E-state index contributed by atoms with van der Waals surface area (Å²) >= 11 is 0. The normalized spacial score (nSPS) is 19.4. The van der Waals surface area contributed by atoms with E-state index in [1.165, 1.54) is 6.42 Å². The third-order valence-corrected chi connectivity index (χ3v) is 3.99. The van der Waals surface area contributed by atoms with E-state index in [4.69, 9.17) is 15.2 Å². The molecule has 2 rings (SSSR count). The number of methoxy groups -OCH3 is 1. The molecule has 0 spiro atoms. The zero-order valence-corrected chi connectivity index (χ0v) is 12.4. The first-order chi connectivity index (χ1) is 9.54. The lowest BCUT2D eigenvalue weighted by Crippen LogP contribution is -2.38. The molecule has 0 amide bonds. The van der Waals surface area contributed by atoms with Crippen LogP contribution >= 0.6 is 0 Å². The summed E-state index contributed by atoms with van der Waals surface area (Å²) in [7, 11) is 1.62. The average Bonchev–Trinajstić information content (AvgIpc) is 2.45. The maximum atomic E-state index is 10.5. The van der Waals surface area contributed by atoms with E-state index >= 15 is 0 Å². The van der Waals surface area contributed by atoms with Crippen LogP contribution in [0.4, 0.5) is 0 Å². The van der Waals surface area contributed by atoms with E-state index in [1.54, 1.807) is 7.11 Å². The van der Waals surface area contributed by atoms with Crippen LogP contribution in [0.25, 0.3) is 0 Å². The fourth-order valence-corrected chi connectivity index (χ4v) is 2.71. The van der Waals surface area contributed by atoms with Crippen molar-refractivity contribution in [3.8, 4) is 11.5 Å². The van der Waals surface area contributed by atoms with Gasteiger partial charge in [0.15, 0.2) is 0 Å². The molecule has 1 fully saturated rings. The molecule has 0 radical (unpaired) electrons. The highest BCUT2D eigenvalue weighted by Gasteiger charge is 2.30. The van der Waals surface area contributed by atoms with Gasteiger partial charge in [0.25, 0.3) is 0 Å². The monoisotopic (exact) mass is 279 g/mol. The van der Waals surface area contributed by atoms with Crippen LogP contribution in [0.15, 0.2) is 18.2 Å². The van der Waals surface area contributed by atoms with Crippen LogP contribution < -0.4 is 15.2 Å². The molecule has 1 atom stereocenters. The first kappa shape index (κ1) is 15.1. The van der Waals surface area contributed by atoms with Crippen LogP contribution in [0.2, 0.25) is 0 Å². The Kier molecular flexibility index (Phi) is 4.89. The fraction of sp³-hybridized carbons (Fsp3) is 0.625. The Labute approximate surface area is 120 Å². The second-order valence-corrected chi connectivity index (χ2v) is 5.77. The molecule has 1 aliphatic rings. The van der Waals surface area contributed by atoms with Crippen molar-refractivity contribution < 1.29 is 14.6 Å². The highest BCUT2D eigenvalue weighted by molar-refractivity contribution is 5.42. The first-order valence-corrected chi connectivity index (χ1v) is 7.33. The molecular formula is C16H25NO3. The van der Waals surface area contributed by atoms with E-state index in [9.17, 15) is 5.11 Å². The summed E-state index contributed by atoms with van der Waals surface area (Å²) in [5.41, 5.74) is 6.20. The molecule has 112 valence electrons. The van der Waals surface area contributed by atoms with Gasteiger partial charge in [0.1, 0.15) is 18.1 Å². The van der Waals surface area contributed by atoms with Gasteiger partial charge in [0.2, 0.25) is 0 Å². The quantitative estimate of drug-likeness (QED) is 0.870. The fourth-order valence-electron chi connectivity index (χ4n) is 2.71. The number of hydrogen-bond donors (Lipinski definition) is 2. The Morgan fingerprint density at radius 1 is 1.30 bits per heavy atom. The molecule has 4 nitrogen and oxygen atoms in total. The lowest BCUT2D eigenvalue weighted by molar-refractivity contribution is -0.0342. The number of ether oxygens (including phenoxy) is 2. The smallest absolute Gasteiger partial charge is 0.127 e. The van der Waals surface area contributed by atoms with E-state index in [0.717, 1.165) is 37.0 Å². The summed E-state index contributed by atoms with van der Waals surface area (Å²) in [4.78, 5) is 0. The molecule has 0 aromatic heterocycles. The zero-order chi connectivity index (χ0) is 14.6. The second-order valence-electron chi connectivity index (χ2n) is 5.77. The van der Waals surface area contributed by atoms with Crippen LogP contribution in [0.3, 0.4) is 0 Å². The van der Waals surface area contributed by atoms with Crippen molar-refractivity contribution in [3.63, 3.8) is 0 Å². The van der Waals surface area contributed by atoms with Crippen LogP contribution in [0.5, 0.6) is 11.5 Å². The van der Waals surface area contributed by atoms with Gasteiger partial charge in [-0.25, -0.2) is 0 Å². The molecule has 1 aromatic rings. The molecule has 20 heavy (non-hydrogen) atoms. The summed E-state index contributed by atoms with van der Waals surface area (Å²) in [6.07, 6.45) is 4.96. The van der Waals surface area contributed by atoms with Crippen LogP contribution in [0, 0.1) is 0 Å². The van der Waals surface area contributed by atoms with Crippen molar-refractivity contribution in [1.29, 1.82) is 0 Å². The van der Waals surface area contributed by atoms with Gasteiger partial charge in [-0.3, -0.25) is 0 Å². The lowest BCUT2D eigenvalue weighted by atomic mass is 9.85. The van der Waals surface area contributed by atoms with Gasteiger partial charge in [-0.2, -0.15) is 0 Å². The van der Waals surface area contributed by atoms with Crippen molar-refractivity contribution >= 4 is 0 Å². The Morgan fingerprint density at radius 3 is 2.60 bits per heavy atom. The van der Waals surface area contributed by atoms with Crippen LogP contribution in [0.1, 0.15) is 50.6 Å². The highest BCUT2D eigenvalue weighted by Crippen LogP contribution is 2.32. The molecule has 1 unspecified atom stereocenters. The maximum Gasteiger partial charge on any atom is 0.127 e. The summed E-state index contributed by atoms with van der Waals surface area (Å²) in [6.45, 7) is 2.24. The van der Waals surface area contributed by atoms with Gasteiger partial charge in [0.05, 0.1) is 12.7 Å². The van der Waals surface area contributed by atoms with Gasteiger partial charge in [-0.15, -0.1) is 0 Å². The Balaban J connectivity index is 2.10. The van der Waals surface area contributed by atoms with Gasteiger partial charge < -0.3 is 20.3 Å². The largest absolute Gasteiger partial charge is 0.497 e. The average molecular weight is 279 g/mol. The van der Waals surface area contributed by atoms with Gasteiger partial charge in [-0.1, -0.05) is 25.3 Å². The predicted octanol–water partition coefficient (Wildman–Crippen LogP) is 2.79. The molecule has 3 N–H and O–H groups in total. The van der Waals surface area contributed by atoms with Gasteiger partial charge in [-0.05, 0) is 25.8 Å². The van der Waals surface area contributed by atoms with E-state index < -0.39 is 5.60 Å². The van der Waals surface area contributed by atoms with Crippen molar-refractivity contribution in [1.82, 2.24) is 0 Å². The van der Waals surface area contributed by atoms with Crippen LogP contribution in [-0.2, 0) is 0 Å². The van der Waals surface area contributed by atoms with E-state index in [2.05, 4.69) is 0 Å². The molecule has 1 aromatic carbocycles. The summed E-state index contributed by atoms with van der Waals surface area (Å²) in [6, 6.07) is 5.52. The Hall–Kier alpha value is -1.26. The SMILES string of the molecule is COc1ccc(C(C)N)c(OCC2(O)CCCCC2)c1. The lowest BCUT2D eigenvalue weighted by Gasteiger charge is -2.32. The van der Waals surface area contributed by atoms with E-state index in [0.29, 0.717) is 12.4 Å². The standard InChI is InChI=1S/C16H25NO3/c1-12(17)14-7-6-13(19-2)10-15(14)20-11-16(18)8-4-3-5-9-16/h6-7,10,12,18H,3-5,8-9,11,17H2,1-2H3. The number of hydrogen-bond acceptors (Lipinski definition) is 4. The van der Waals surface area contributed by atoms with E-state index in [-0.39, 0.29) is 6.04 Å². The topological polar surface area (TPSA) is 64.7 Å². The first-order valence-electron chi connectivity index (χ1n) is 7.33. The van der Waals surface area contributed by atoms with E-state index in [1.807, 2.05) is 25.1 Å². The predicted molar refractivity (Wildman–Crippen MR) is 79.1 cm³/mol. The number of rotatable bonds is 5. The maximum absolute atomic E-state index is 10.5. The Bertz CT molecular complexity index is 439. The third kappa shape index (κ3) is 3.64. The van der Waals surface area contributed by atoms with Crippen molar-refractivity contribution in [3.05, 3.63) is 23.8 Å². The summed E-state index contributed by atoms with van der Waals surface area (Å²) in [5, 5.41) is 10.5. The second kappa shape index (κ2) is 6.46. The van der Waals surface area contributed by atoms with Crippen molar-refractivity contribution in [2.75, 3.05) is 13.7 Å². The number of benzene rings is 1. The molecule has 1 saturated carbocycles. The zero-order valence-electron chi connectivity index (χ0n) is 12.4. The van der Waals surface area contributed by atoms with Crippen molar-refractivity contribution in [2.45, 2.75) is 50.7 Å². The molecule has 0 aliphatic heterocycles. The highest BCUT2D eigenvalue weighted by atomic mass is 16.5. The van der Waals surface area contributed by atoms with Crippen LogP contribution in [-0.4, -0.2) is 24.4 Å². The number of nitrogens with two attached hydrogens (primary N) is 1. The molecule has 4 heteroatoms. The Morgan fingerprint density at radius 2 is 2.00 bits per heavy atom. The van der Waals surface area contributed by atoms with Gasteiger partial charge in [0, 0.05) is 17.7 Å². The van der Waals surface area contributed by atoms with Crippen molar-refractivity contribution in [2.24, 2.45) is 5.73 Å². The molecule has 0 saturated heterocycles. The minimum absolute atomic E-state index is 0.114. The molecule has 1 aliphatic carbocycles. The third-order valence-electron chi connectivity index (χ3n) is 3.99.